The Balaban J connectivity index is 1.74. The average Bonchev–Trinajstić information content (AvgIpc) is 2.93. The predicted molar refractivity (Wildman–Crippen MR) is 114 cm³/mol. The number of pyridine rings is 1. The zero-order chi connectivity index (χ0) is 24.8. The molecular formula is C14H17ClNO13P3S. The van der Waals surface area contributed by atoms with Crippen LogP contribution in [0.1, 0.15) is 6.23 Å². The summed E-state index contributed by atoms with van der Waals surface area (Å²) in [4.78, 5) is 35.7. The minimum atomic E-state index is -5.70. The highest BCUT2D eigenvalue weighted by atomic mass is 35.5. The first kappa shape index (κ1) is 27.0. The van der Waals surface area contributed by atoms with E-state index in [2.05, 4.69) is 13.1 Å². The van der Waals surface area contributed by atoms with Crippen LogP contribution in [0.5, 0.6) is 0 Å². The molecule has 1 fully saturated rings. The number of aliphatic hydroxyl groups excluding tert-OH is 2. The van der Waals surface area contributed by atoms with Crippen molar-refractivity contribution in [3.05, 3.63) is 40.1 Å². The third-order valence-corrected chi connectivity index (χ3v) is 8.79. The summed E-state index contributed by atoms with van der Waals surface area (Å²) in [5, 5.41) is 22.4. The van der Waals surface area contributed by atoms with E-state index in [-0.39, 0.29) is 4.64 Å². The first-order valence-corrected chi connectivity index (χ1v) is 14.0. The molecular weight excluding hydrogens is 551 g/mol. The highest BCUT2D eigenvalue weighted by Gasteiger charge is 2.46. The summed E-state index contributed by atoms with van der Waals surface area (Å²) in [6.07, 6.45) is -4.41. The Morgan fingerprint density at radius 2 is 1.70 bits per heavy atom. The Morgan fingerprint density at radius 1 is 1.03 bits per heavy atom. The second kappa shape index (κ2) is 9.82. The van der Waals surface area contributed by atoms with Crippen molar-refractivity contribution in [3.63, 3.8) is 0 Å². The Hall–Kier alpha value is -0.570. The predicted octanol–water partition coefficient (Wildman–Crippen LogP) is 1.99. The zero-order valence-electron chi connectivity index (χ0n) is 16.0. The lowest BCUT2D eigenvalue weighted by Crippen LogP contribution is -2.33. The number of rotatable bonds is 8. The second-order valence-corrected chi connectivity index (χ2v) is 11.9. The lowest BCUT2D eigenvalue weighted by Gasteiger charge is -2.20. The van der Waals surface area contributed by atoms with Crippen molar-refractivity contribution < 1.29 is 61.4 Å². The summed E-state index contributed by atoms with van der Waals surface area (Å²) < 4.78 is 52.6. The minimum absolute atomic E-state index is 0.208. The monoisotopic (exact) mass is 567 g/mol. The molecule has 0 saturated carbocycles. The first-order valence-electron chi connectivity index (χ1n) is 8.69. The Morgan fingerprint density at radius 3 is 2.33 bits per heavy atom. The van der Waals surface area contributed by atoms with Crippen molar-refractivity contribution in [2.75, 3.05) is 6.61 Å². The lowest BCUT2D eigenvalue weighted by atomic mass is 10.1. The number of ether oxygens (including phenoxy) is 1. The molecule has 0 bridgehead atoms. The minimum Gasteiger partial charge on any atom is -0.387 e. The van der Waals surface area contributed by atoms with E-state index in [9.17, 15) is 28.8 Å². The van der Waals surface area contributed by atoms with Crippen LogP contribution in [0, 0.1) is 4.64 Å². The zero-order valence-corrected chi connectivity index (χ0v) is 20.3. The fraction of sp³-hybridized carbons (Fsp3) is 0.357. The van der Waals surface area contributed by atoms with Gasteiger partial charge in [0.25, 0.3) is 0 Å². The average molecular weight is 568 g/mol. The molecule has 0 spiro atoms. The topological polar surface area (TPSA) is 214 Å². The van der Waals surface area contributed by atoms with Gasteiger partial charge in [0.1, 0.15) is 23.0 Å². The van der Waals surface area contributed by atoms with E-state index in [4.69, 9.17) is 43.2 Å². The van der Waals surface area contributed by atoms with Gasteiger partial charge in [-0.2, -0.15) is 8.62 Å². The number of phosphoric ester groups is 1. The number of halogens is 1. The van der Waals surface area contributed by atoms with Gasteiger partial charge in [-0.25, -0.2) is 13.7 Å². The second-order valence-electron chi connectivity index (χ2n) is 6.69. The molecule has 1 aromatic carbocycles. The van der Waals surface area contributed by atoms with E-state index >= 15 is 0 Å². The summed E-state index contributed by atoms with van der Waals surface area (Å²) in [6.45, 7) is -0.939. The quantitative estimate of drug-likeness (QED) is 0.199. The normalized spacial score (nSPS) is 27.4. The fourth-order valence-electron chi connectivity index (χ4n) is 2.99. The summed E-state index contributed by atoms with van der Waals surface area (Å²) in [5.41, 5.74) is 0. The van der Waals surface area contributed by atoms with Crippen LogP contribution in [-0.4, -0.2) is 59.3 Å². The summed E-state index contributed by atoms with van der Waals surface area (Å²) in [7, 11) is -16.7. The van der Waals surface area contributed by atoms with Crippen molar-refractivity contribution in [1.82, 2.24) is 4.57 Å². The van der Waals surface area contributed by atoms with Gasteiger partial charge in [0.2, 0.25) is 0 Å². The molecule has 6 atom stereocenters. The van der Waals surface area contributed by atoms with Crippen LogP contribution in [0.3, 0.4) is 0 Å². The van der Waals surface area contributed by atoms with Gasteiger partial charge in [0.05, 0.1) is 6.61 Å². The standard InChI is InChI=1S/C14H17ClNO13P3S/c15-8-2-1-7-3-4-16(14(33)9(7)5-8)13-12(18)11(17)10(27-13)6-26-31(22,23)29-32(24,25)28-30(19,20)21/h1-5,10-13,17-18H,6H2,(H,22,23)(H,24,25)(H2,19,20,21)/t10-,11-,12-,13-/m1/s1. The SMILES string of the molecule is O=P(O)(O)OP(=O)(O)OP(=O)(O)OC[C@H]1O[C@@H](n2ccc3ccc(Cl)cc3c2=S)[C@H](O)[C@@H]1O. The van der Waals surface area contributed by atoms with Crippen LogP contribution in [0.15, 0.2) is 30.5 Å². The van der Waals surface area contributed by atoms with Crippen LogP contribution >= 0.6 is 47.3 Å². The van der Waals surface area contributed by atoms with E-state index < -0.39 is 54.6 Å². The maximum absolute atomic E-state index is 11.9. The molecule has 19 heteroatoms. The molecule has 33 heavy (non-hydrogen) atoms. The summed E-state index contributed by atoms with van der Waals surface area (Å²) >= 11 is 11.4. The summed E-state index contributed by atoms with van der Waals surface area (Å²) in [6, 6.07) is 6.64. The molecule has 1 aromatic heterocycles. The molecule has 6 N–H and O–H groups in total. The Bertz CT molecular complexity index is 1250. The number of aliphatic hydroxyl groups is 2. The van der Waals surface area contributed by atoms with E-state index in [1.165, 1.54) is 10.8 Å². The van der Waals surface area contributed by atoms with Crippen LogP contribution < -0.4 is 0 Å². The third kappa shape index (κ3) is 6.77. The van der Waals surface area contributed by atoms with Crippen LogP contribution in [0.4, 0.5) is 0 Å². The third-order valence-electron chi connectivity index (χ3n) is 4.32. The molecule has 2 unspecified atom stereocenters. The number of aromatic nitrogens is 1. The molecule has 2 heterocycles. The smallest absolute Gasteiger partial charge is 0.387 e. The van der Waals surface area contributed by atoms with Crippen molar-refractivity contribution in [3.8, 4) is 0 Å². The van der Waals surface area contributed by atoms with Gasteiger partial charge in [0, 0.05) is 16.6 Å². The van der Waals surface area contributed by atoms with Crippen LogP contribution in [0.2, 0.25) is 5.02 Å². The number of fused-ring (bicyclic) bond motifs is 1. The van der Waals surface area contributed by atoms with Gasteiger partial charge in [-0.1, -0.05) is 29.9 Å². The Labute approximate surface area is 195 Å². The van der Waals surface area contributed by atoms with Gasteiger partial charge >= 0.3 is 23.5 Å². The van der Waals surface area contributed by atoms with E-state index in [1.54, 1.807) is 24.3 Å². The van der Waals surface area contributed by atoms with Crippen molar-refractivity contribution in [2.24, 2.45) is 0 Å². The van der Waals surface area contributed by atoms with Gasteiger partial charge in [-0.3, -0.25) is 4.52 Å². The first-order chi connectivity index (χ1) is 15.1. The van der Waals surface area contributed by atoms with Gasteiger partial charge < -0.3 is 39.1 Å². The maximum atomic E-state index is 11.9. The molecule has 0 aliphatic carbocycles. The van der Waals surface area contributed by atoms with Crippen molar-refractivity contribution in [2.45, 2.75) is 24.5 Å². The molecule has 2 aromatic rings. The molecule has 0 radical (unpaired) electrons. The maximum Gasteiger partial charge on any atom is 0.490 e. The molecule has 1 saturated heterocycles. The van der Waals surface area contributed by atoms with E-state index in [1.807, 2.05) is 0 Å². The Kier molecular flexibility index (Phi) is 8.04. The molecule has 184 valence electrons. The molecule has 1 aliphatic rings. The fourth-order valence-corrected chi connectivity index (χ4v) is 6.54. The van der Waals surface area contributed by atoms with Crippen LogP contribution in [0.25, 0.3) is 10.8 Å². The number of hydrogen-bond acceptors (Lipinski definition) is 10. The van der Waals surface area contributed by atoms with Crippen molar-refractivity contribution >= 4 is 58.1 Å². The largest absolute Gasteiger partial charge is 0.490 e. The number of nitrogens with zero attached hydrogens (tertiary/aromatic N) is 1. The number of benzene rings is 1. The van der Waals surface area contributed by atoms with Gasteiger partial charge in [0.15, 0.2) is 6.23 Å². The molecule has 14 nitrogen and oxygen atoms in total. The highest BCUT2D eigenvalue weighted by molar-refractivity contribution is 7.71. The van der Waals surface area contributed by atoms with Gasteiger partial charge in [-0.15, -0.1) is 0 Å². The van der Waals surface area contributed by atoms with E-state index in [0.29, 0.717) is 10.4 Å². The molecule has 0 amide bonds. The lowest BCUT2D eigenvalue weighted by molar-refractivity contribution is -0.0525. The van der Waals surface area contributed by atoms with Crippen molar-refractivity contribution in [1.29, 1.82) is 0 Å². The molecule has 3 rings (SSSR count). The number of phosphoric acid groups is 3. The van der Waals surface area contributed by atoms with Gasteiger partial charge in [-0.05, 0) is 23.6 Å². The van der Waals surface area contributed by atoms with Crippen LogP contribution in [-0.2, 0) is 31.6 Å². The molecule has 1 aliphatic heterocycles. The van der Waals surface area contributed by atoms with E-state index in [0.717, 1.165) is 5.39 Å². The summed E-state index contributed by atoms with van der Waals surface area (Å²) in [5.74, 6) is 0. The number of hydrogen-bond donors (Lipinski definition) is 6. The highest BCUT2D eigenvalue weighted by Crippen LogP contribution is 2.66.